The third-order valence-electron chi connectivity index (χ3n) is 4.76. The monoisotopic (exact) mass is 388 g/mol. The second-order valence-corrected chi connectivity index (χ2v) is 8.74. The molecular formula is C21H28N2O3S. The number of hydrogen-bond acceptors (Lipinski definition) is 3. The Bertz CT molecular complexity index is 895. The van der Waals surface area contributed by atoms with E-state index in [0.717, 1.165) is 21.7 Å². The molecular weight excluding hydrogens is 360 g/mol. The van der Waals surface area contributed by atoms with Crippen LogP contribution >= 0.6 is 0 Å². The van der Waals surface area contributed by atoms with Gasteiger partial charge in [-0.15, -0.1) is 0 Å². The molecule has 0 heterocycles. The van der Waals surface area contributed by atoms with Gasteiger partial charge in [0.1, 0.15) is 6.04 Å². The van der Waals surface area contributed by atoms with Crippen LogP contribution in [0.2, 0.25) is 0 Å². The van der Waals surface area contributed by atoms with E-state index in [1.54, 1.807) is 31.2 Å². The molecule has 2 atom stereocenters. The van der Waals surface area contributed by atoms with Crippen LogP contribution in [-0.2, 0) is 14.8 Å². The lowest BCUT2D eigenvalue weighted by Gasteiger charge is -2.30. The molecule has 0 saturated carbocycles. The summed E-state index contributed by atoms with van der Waals surface area (Å²) in [5.41, 5.74) is 3.85. The van der Waals surface area contributed by atoms with E-state index >= 15 is 0 Å². The first-order valence-corrected chi connectivity index (χ1v) is 10.9. The van der Waals surface area contributed by atoms with Crippen LogP contribution in [0.4, 0.5) is 5.69 Å². The van der Waals surface area contributed by atoms with E-state index < -0.39 is 16.1 Å². The third-order valence-corrected chi connectivity index (χ3v) is 6.00. The molecule has 0 aromatic heterocycles. The number of nitrogens with one attached hydrogen (secondary N) is 1. The minimum Gasteiger partial charge on any atom is -0.347 e. The Kier molecular flexibility index (Phi) is 6.65. The number of aryl methyl sites for hydroxylation is 2. The van der Waals surface area contributed by atoms with E-state index in [4.69, 9.17) is 0 Å². The Balaban J connectivity index is 2.27. The Morgan fingerprint density at radius 1 is 1.07 bits per heavy atom. The second kappa shape index (κ2) is 8.57. The molecule has 5 nitrogen and oxygen atoms in total. The van der Waals surface area contributed by atoms with Crippen molar-refractivity contribution in [2.75, 3.05) is 10.6 Å². The van der Waals surface area contributed by atoms with Crippen LogP contribution in [0.1, 0.15) is 43.0 Å². The van der Waals surface area contributed by atoms with E-state index in [-0.39, 0.29) is 11.9 Å². The molecule has 0 spiro atoms. The van der Waals surface area contributed by atoms with Gasteiger partial charge in [0.2, 0.25) is 15.9 Å². The highest BCUT2D eigenvalue weighted by Crippen LogP contribution is 2.23. The molecule has 27 heavy (non-hydrogen) atoms. The fourth-order valence-electron chi connectivity index (χ4n) is 3.08. The zero-order chi connectivity index (χ0) is 20.2. The van der Waals surface area contributed by atoms with Gasteiger partial charge in [-0.05, 0) is 56.0 Å². The minimum atomic E-state index is -3.61. The van der Waals surface area contributed by atoms with Crippen LogP contribution < -0.4 is 9.62 Å². The first-order valence-electron chi connectivity index (χ1n) is 9.07. The lowest BCUT2D eigenvalue weighted by atomic mass is 9.99. The highest BCUT2D eigenvalue weighted by molar-refractivity contribution is 7.92. The highest BCUT2D eigenvalue weighted by atomic mass is 32.2. The highest BCUT2D eigenvalue weighted by Gasteiger charge is 2.30. The number of anilines is 1. The number of rotatable bonds is 7. The number of benzene rings is 2. The molecule has 0 bridgehead atoms. The van der Waals surface area contributed by atoms with Crippen LogP contribution in [0, 0.1) is 13.8 Å². The third kappa shape index (κ3) is 5.10. The van der Waals surface area contributed by atoms with Gasteiger partial charge in [-0.1, -0.05) is 43.3 Å². The van der Waals surface area contributed by atoms with Crippen molar-refractivity contribution >= 4 is 21.6 Å². The van der Waals surface area contributed by atoms with Gasteiger partial charge >= 0.3 is 0 Å². The van der Waals surface area contributed by atoms with E-state index in [0.29, 0.717) is 12.1 Å². The summed E-state index contributed by atoms with van der Waals surface area (Å²) in [5, 5.41) is 3.01. The van der Waals surface area contributed by atoms with Crippen LogP contribution in [0.5, 0.6) is 0 Å². The number of sulfonamides is 1. The Hall–Kier alpha value is -2.34. The molecule has 0 aliphatic heterocycles. The number of para-hydroxylation sites is 1. The molecule has 146 valence electrons. The summed E-state index contributed by atoms with van der Waals surface area (Å²) >= 11 is 0. The molecule has 1 amide bonds. The number of amides is 1. The van der Waals surface area contributed by atoms with Gasteiger partial charge in [-0.3, -0.25) is 9.10 Å². The summed E-state index contributed by atoms with van der Waals surface area (Å²) in [6.07, 6.45) is 1.83. The second-order valence-electron chi connectivity index (χ2n) is 6.88. The average molecular weight is 389 g/mol. The largest absolute Gasteiger partial charge is 0.347 e. The topological polar surface area (TPSA) is 66.5 Å². The predicted molar refractivity (Wildman–Crippen MR) is 110 cm³/mol. The summed E-state index contributed by atoms with van der Waals surface area (Å²) in [6, 6.07) is 13.8. The standard InChI is InChI=1S/C21H28N2O3S/c1-6-20(18-13-12-15(2)16(3)14-18)22-21(24)17(4)23(27(5,25)26)19-10-8-7-9-11-19/h7-14,17,20H,6H2,1-5H3,(H,22,24). The quantitative estimate of drug-likeness (QED) is 0.786. The smallest absolute Gasteiger partial charge is 0.244 e. The zero-order valence-electron chi connectivity index (χ0n) is 16.6. The van der Waals surface area contributed by atoms with Crippen molar-refractivity contribution in [3.8, 4) is 0 Å². The van der Waals surface area contributed by atoms with Crippen molar-refractivity contribution in [2.45, 2.75) is 46.2 Å². The van der Waals surface area contributed by atoms with Gasteiger partial charge < -0.3 is 5.32 Å². The summed E-state index contributed by atoms with van der Waals surface area (Å²) in [5.74, 6) is -0.325. The van der Waals surface area contributed by atoms with Crippen LogP contribution in [0.15, 0.2) is 48.5 Å². The van der Waals surface area contributed by atoms with E-state index in [1.807, 2.05) is 39.0 Å². The summed E-state index contributed by atoms with van der Waals surface area (Å²) < 4.78 is 25.8. The minimum absolute atomic E-state index is 0.170. The molecule has 2 rings (SSSR count). The molecule has 0 fully saturated rings. The van der Waals surface area contributed by atoms with Gasteiger partial charge in [-0.25, -0.2) is 8.42 Å². The maximum Gasteiger partial charge on any atom is 0.244 e. The van der Waals surface area contributed by atoms with Gasteiger partial charge in [0.15, 0.2) is 0 Å². The molecule has 2 aromatic carbocycles. The van der Waals surface area contributed by atoms with Crippen molar-refractivity contribution in [1.82, 2.24) is 5.32 Å². The average Bonchev–Trinajstić information content (AvgIpc) is 2.61. The fourth-order valence-corrected chi connectivity index (χ4v) is 4.25. The van der Waals surface area contributed by atoms with Crippen molar-refractivity contribution in [3.05, 3.63) is 65.2 Å². The molecule has 0 saturated heterocycles. The van der Waals surface area contributed by atoms with Crippen LogP contribution in [0.3, 0.4) is 0 Å². The SMILES string of the molecule is CCC(NC(=O)C(C)N(c1ccccc1)S(C)(=O)=O)c1ccc(C)c(C)c1. The van der Waals surface area contributed by atoms with Crippen molar-refractivity contribution in [3.63, 3.8) is 0 Å². The lowest BCUT2D eigenvalue weighted by Crippen LogP contribution is -2.48. The number of carbonyl (C=O) groups is 1. The molecule has 1 N–H and O–H groups in total. The summed E-state index contributed by atoms with van der Waals surface area (Å²) in [7, 11) is -3.61. The predicted octanol–water partition coefficient (Wildman–Crippen LogP) is 3.73. The first-order chi connectivity index (χ1) is 12.6. The molecule has 2 unspecified atom stereocenters. The lowest BCUT2D eigenvalue weighted by molar-refractivity contribution is -0.122. The molecule has 6 heteroatoms. The van der Waals surface area contributed by atoms with E-state index in [2.05, 4.69) is 11.4 Å². The van der Waals surface area contributed by atoms with Crippen molar-refractivity contribution in [1.29, 1.82) is 0 Å². The maximum atomic E-state index is 12.9. The van der Waals surface area contributed by atoms with Crippen molar-refractivity contribution in [2.24, 2.45) is 0 Å². The van der Waals surface area contributed by atoms with E-state index in [1.165, 1.54) is 5.56 Å². The molecule has 0 radical (unpaired) electrons. The molecule has 0 aliphatic rings. The van der Waals surface area contributed by atoms with Gasteiger partial charge in [0.05, 0.1) is 18.0 Å². The number of hydrogen-bond donors (Lipinski definition) is 1. The fraction of sp³-hybridized carbons (Fsp3) is 0.381. The van der Waals surface area contributed by atoms with Crippen LogP contribution in [0.25, 0.3) is 0 Å². The Morgan fingerprint density at radius 2 is 1.70 bits per heavy atom. The normalized spacial score (nSPS) is 13.7. The Morgan fingerprint density at radius 3 is 2.22 bits per heavy atom. The number of nitrogens with zero attached hydrogens (tertiary/aromatic N) is 1. The van der Waals surface area contributed by atoms with E-state index in [9.17, 15) is 13.2 Å². The van der Waals surface area contributed by atoms with Gasteiger partial charge in [0, 0.05) is 0 Å². The summed E-state index contributed by atoms with van der Waals surface area (Å²) in [4.78, 5) is 12.9. The van der Waals surface area contributed by atoms with Gasteiger partial charge in [-0.2, -0.15) is 0 Å². The summed E-state index contributed by atoms with van der Waals surface area (Å²) in [6.45, 7) is 7.69. The molecule has 0 aliphatic carbocycles. The van der Waals surface area contributed by atoms with Crippen molar-refractivity contribution < 1.29 is 13.2 Å². The van der Waals surface area contributed by atoms with Crippen LogP contribution in [-0.4, -0.2) is 26.6 Å². The molecule has 2 aromatic rings. The number of carbonyl (C=O) groups excluding carboxylic acids is 1. The zero-order valence-corrected chi connectivity index (χ0v) is 17.4. The maximum absolute atomic E-state index is 12.9. The first kappa shape index (κ1) is 21.0. The Labute approximate surface area is 162 Å². The van der Waals surface area contributed by atoms with Gasteiger partial charge in [0.25, 0.3) is 0 Å².